The van der Waals surface area contributed by atoms with Gasteiger partial charge in [-0.2, -0.15) is 0 Å². The van der Waals surface area contributed by atoms with E-state index >= 15 is 0 Å². The number of hydrogen-bond donors (Lipinski definition) is 2. The summed E-state index contributed by atoms with van der Waals surface area (Å²) in [6, 6.07) is 4.48. The number of carboxylic acids is 1. The number of fused-ring (bicyclic) bond motifs is 1. The Kier molecular flexibility index (Phi) is 2.55. The molecule has 2 aromatic rings. The predicted molar refractivity (Wildman–Crippen MR) is 60.0 cm³/mol. The molecule has 2 rings (SSSR count). The SMILES string of the molecule is Cn1c(CC(=O)O)nc2c(O)cccc2c1=O. The van der Waals surface area contributed by atoms with Crippen LogP contribution in [0.1, 0.15) is 5.82 Å². The maximum absolute atomic E-state index is 11.9. The molecule has 0 atom stereocenters. The highest BCUT2D eigenvalue weighted by Crippen LogP contribution is 2.19. The van der Waals surface area contributed by atoms with Gasteiger partial charge in [-0.3, -0.25) is 14.2 Å². The van der Waals surface area contributed by atoms with Crippen LogP contribution in [0.25, 0.3) is 10.9 Å². The Bertz CT molecular complexity index is 660. The molecule has 0 aliphatic carbocycles. The Morgan fingerprint density at radius 2 is 2.18 bits per heavy atom. The fraction of sp³-hybridized carbons (Fsp3) is 0.182. The van der Waals surface area contributed by atoms with Gasteiger partial charge in [0.1, 0.15) is 23.5 Å². The lowest BCUT2D eigenvalue weighted by molar-refractivity contribution is -0.136. The molecule has 2 N–H and O–H groups in total. The topological polar surface area (TPSA) is 92.4 Å². The van der Waals surface area contributed by atoms with E-state index in [1.165, 1.54) is 29.8 Å². The highest BCUT2D eigenvalue weighted by atomic mass is 16.4. The van der Waals surface area contributed by atoms with Gasteiger partial charge in [0.05, 0.1) is 5.39 Å². The molecule has 17 heavy (non-hydrogen) atoms. The highest BCUT2D eigenvalue weighted by molar-refractivity contribution is 5.83. The molecule has 1 aromatic heterocycles. The van der Waals surface area contributed by atoms with Crippen LogP contribution in [0, 0.1) is 0 Å². The summed E-state index contributed by atoms with van der Waals surface area (Å²) in [5, 5.41) is 18.6. The summed E-state index contributed by atoms with van der Waals surface area (Å²) in [6.07, 6.45) is -0.365. The van der Waals surface area contributed by atoms with Gasteiger partial charge in [0.2, 0.25) is 0 Å². The Hall–Kier alpha value is -2.37. The average molecular weight is 234 g/mol. The predicted octanol–water partition coefficient (Wildman–Crippen LogP) is 0.266. The molecule has 0 aliphatic heterocycles. The molecular formula is C11H10N2O4. The van der Waals surface area contributed by atoms with E-state index in [1.807, 2.05) is 0 Å². The standard InChI is InChI=1S/C11H10N2O4/c1-13-8(5-9(15)16)12-10-6(11(13)17)3-2-4-7(10)14/h2-4,14H,5H2,1H3,(H,15,16). The monoisotopic (exact) mass is 234 g/mol. The molecule has 1 heterocycles. The normalized spacial score (nSPS) is 10.6. The van der Waals surface area contributed by atoms with Crippen molar-refractivity contribution < 1.29 is 15.0 Å². The van der Waals surface area contributed by atoms with E-state index < -0.39 is 5.97 Å². The van der Waals surface area contributed by atoms with Crippen molar-refractivity contribution in [3.8, 4) is 5.75 Å². The second-order valence-corrected chi connectivity index (χ2v) is 3.64. The number of aromatic nitrogens is 2. The van der Waals surface area contributed by atoms with Gasteiger partial charge in [-0.25, -0.2) is 4.98 Å². The van der Waals surface area contributed by atoms with E-state index in [2.05, 4.69) is 4.98 Å². The maximum Gasteiger partial charge on any atom is 0.311 e. The molecule has 6 nitrogen and oxygen atoms in total. The number of rotatable bonds is 2. The highest BCUT2D eigenvalue weighted by Gasteiger charge is 2.12. The minimum Gasteiger partial charge on any atom is -0.506 e. The first kappa shape index (κ1) is 11.1. The van der Waals surface area contributed by atoms with Crippen molar-refractivity contribution >= 4 is 16.9 Å². The molecule has 0 spiro atoms. The van der Waals surface area contributed by atoms with E-state index in [-0.39, 0.29) is 34.5 Å². The first-order chi connectivity index (χ1) is 8.00. The van der Waals surface area contributed by atoms with Crippen molar-refractivity contribution in [2.45, 2.75) is 6.42 Å². The summed E-state index contributed by atoms with van der Waals surface area (Å²) < 4.78 is 1.18. The number of phenolic OH excluding ortho intramolecular Hbond substituents is 1. The summed E-state index contributed by atoms with van der Waals surface area (Å²) in [5.74, 6) is -1.11. The first-order valence-electron chi connectivity index (χ1n) is 4.90. The lowest BCUT2D eigenvalue weighted by atomic mass is 10.2. The number of aliphatic carboxylic acids is 1. The third-order valence-corrected chi connectivity index (χ3v) is 2.49. The van der Waals surface area contributed by atoms with Crippen molar-refractivity contribution in [1.82, 2.24) is 9.55 Å². The van der Waals surface area contributed by atoms with E-state index in [0.717, 1.165) is 0 Å². The van der Waals surface area contributed by atoms with Gasteiger partial charge < -0.3 is 10.2 Å². The van der Waals surface area contributed by atoms with E-state index in [4.69, 9.17) is 5.11 Å². The number of benzene rings is 1. The van der Waals surface area contributed by atoms with Crippen LogP contribution in [0.3, 0.4) is 0 Å². The molecule has 0 radical (unpaired) electrons. The molecule has 0 fully saturated rings. The van der Waals surface area contributed by atoms with Crippen LogP contribution in [-0.4, -0.2) is 25.7 Å². The van der Waals surface area contributed by atoms with Gasteiger partial charge in [0.15, 0.2) is 0 Å². The number of para-hydroxylation sites is 1. The van der Waals surface area contributed by atoms with E-state index in [9.17, 15) is 14.7 Å². The Morgan fingerprint density at radius 1 is 1.47 bits per heavy atom. The second-order valence-electron chi connectivity index (χ2n) is 3.64. The minimum atomic E-state index is -1.08. The molecule has 0 unspecified atom stereocenters. The summed E-state index contributed by atoms with van der Waals surface area (Å²) in [5.41, 5.74) is -0.242. The van der Waals surface area contributed by atoms with Crippen molar-refractivity contribution in [2.75, 3.05) is 0 Å². The van der Waals surface area contributed by atoms with Crippen LogP contribution in [-0.2, 0) is 18.3 Å². The van der Waals surface area contributed by atoms with Crippen LogP contribution in [0.5, 0.6) is 5.75 Å². The first-order valence-corrected chi connectivity index (χ1v) is 4.90. The summed E-state index contributed by atoms with van der Waals surface area (Å²) in [6.45, 7) is 0. The van der Waals surface area contributed by atoms with E-state index in [0.29, 0.717) is 0 Å². The van der Waals surface area contributed by atoms with Crippen molar-refractivity contribution in [2.24, 2.45) is 7.05 Å². The Morgan fingerprint density at radius 3 is 2.82 bits per heavy atom. The zero-order chi connectivity index (χ0) is 12.6. The van der Waals surface area contributed by atoms with Gasteiger partial charge in [-0.05, 0) is 12.1 Å². The molecule has 0 aliphatic rings. The minimum absolute atomic E-state index is 0.108. The molecule has 6 heteroatoms. The second kappa shape index (κ2) is 3.89. The molecule has 0 saturated heterocycles. The van der Waals surface area contributed by atoms with E-state index in [1.54, 1.807) is 0 Å². The van der Waals surface area contributed by atoms with Gasteiger partial charge in [-0.1, -0.05) is 6.07 Å². The molecule has 0 amide bonds. The largest absolute Gasteiger partial charge is 0.506 e. The third-order valence-electron chi connectivity index (χ3n) is 2.49. The average Bonchev–Trinajstić information content (AvgIpc) is 2.26. The number of hydrogen-bond acceptors (Lipinski definition) is 4. The van der Waals surface area contributed by atoms with Gasteiger partial charge in [0, 0.05) is 7.05 Å². The molecular weight excluding hydrogens is 224 g/mol. The van der Waals surface area contributed by atoms with Crippen LogP contribution in [0.4, 0.5) is 0 Å². The Labute approximate surface area is 95.8 Å². The third kappa shape index (κ3) is 1.84. The van der Waals surface area contributed by atoms with Crippen LogP contribution in [0.15, 0.2) is 23.0 Å². The zero-order valence-electron chi connectivity index (χ0n) is 9.04. The Balaban J connectivity index is 2.81. The van der Waals surface area contributed by atoms with Crippen molar-refractivity contribution in [1.29, 1.82) is 0 Å². The van der Waals surface area contributed by atoms with Crippen LogP contribution in [0.2, 0.25) is 0 Å². The summed E-state index contributed by atoms with van der Waals surface area (Å²) >= 11 is 0. The number of carboxylic acid groups (broad SMARTS) is 1. The lowest BCUT2D eigenvalue weighted by Gasteiger charge is -2.07. The molecule has 1 aromatic carbocycles. The molecule has 0 bridgehead atoms. The van der Waals surface area contributed by atoms with Crippen molar-refractivity contribution in [3.05, 3.63) is 34.4 Å². The number of carbonyl (C=O) groups is 1. The van der Waals surface area contributed by atoms with Gasteiger partial charge >= 0.3 is 5.97 Å². The number of phenols is 1. The number of nitrogens with zero attached hydrogens (tertiary/aromatic N) is 2. The summed E-state index contributed by atoms with van der Waals surface area (Å²) in [7, 11) is 1.46. The maximum atomic E-state index is 11.9. The summed E-state index contributed by atoms with van der Waals surface area (Å²) in [4.78, 5) is 26.5. The molecule has 0 saturated carbocycles. The lowest BCUT2D eigenvalue weighted by Crippen LogP contribution is -2.24. The van der Waals surface area contributed by atoms with Gasteiger partial charge in [-0.15, -0.1) is 0 Å². The van der Waals surface area contributed by atoms with Gasteiger partial charge in [0.25, 0.3) is 5.56 Å². The smallest absolute Gasteiger partial charge is 0.311 e. The quantitative estimate of drug-likeness (QED) is 0.777. The zero-order valence-corrected chi connectivity index (χ0v) is 9.04. The van der Waals surface area contributed by atoms with Crippen molar-refractivity contribution in [3.63, 3.8) is 0 Å². The fourth-order valence-electron chi connectivity index (χ4n) is 1.62. The number of aromatic hydroxyl groups is 1. The van der Waals surface area contributed by atoms with Crippen LogP contribution < -0.4 is 5.56 Å². The molecule has 88 valence electrons. The fourth-order valence-corrected chi connectivity index (χ4v) is 1.62. The van der Waals surface area contributed by atoms with Crippen LogP contribution >= 0.6 is 0 Å².